The molecule has 1 fully saturated rings. The molecule has 1 aliphatic heterocycles. The van der Waals surface area contributed by atoms with Crippen molar-refractivity contribution in [3.63, 3.8) is 0 Å². The third-order valence-corrected chi connectivity index (χ3v) is 3.84. The zero-order valence-corrected chi connectivity index (χ0v) is 12.3. The maximum atomic E-state index is 12.3. The van der Waals surface area contributed by atoms with E-state index in [4.69, 9.17) is 16.0 Å². The summed E-state index contributed by atoms with van der Waals surface area (Å²) >= 11 is 6.07. The SMILES string of the molecule is O=c1[nH]c2c(N3CCNCC3)nc(Cl)nc2n1-c1ccoc1. The van der Waals surface area contributed by atoms with Crippen LogP contribution in [0, 0.1) is 0 Å². The van der Waals surface area contributed by atoms with E-state index in [2.05, 4.69) is 25.2 Å². The predicted molar refractivity (Wildman–Crippen MR) is 81.8 cm³/mol. The van der Waals surface area contributed by atoms with Crippen molar-refractivity contribution in [3.05, 3.63) is 34.4 Å². The maximum absolute atomic E-state index is 12.3. The average molecular weight is 321 g/mol. The van der Waals surface area contributed by atoms with E-state index >= 15 is 0 Å². The normalized spacial score (nSPS) is 15.6. The first-order chi connectivity index (χ1) is 10.7. The monoisotopic (exact) mass is 320 g/mol. The molecule has 0 aromatic carbocycles. The molecule has 1 aliphatic rings. The summed E-state index contributed by atoms with van der Waals surface area (Å²) < 4.78 is 6.48. The highest BCUT2D eigenvalue weighted by molar-refractivity contribution is 6.28. The first-order valence-electron chi connectivity index (χ1n) is 6.90. The summed E-state index contributed by atoms with van der Waals surface area (Å²) in [5.74, 6) is 0.649. The molecular weight excluding hydrogens is 308 g/mol. The molecule has 4 rings (SSSR count). The first kappa shape index (κ1) is 13.4. The quantitative estimate of drug-likeness (QED) is 0.677. The highest BCUT2D eigenvalue weighted by Crippen LogP contribution is 2.25. The number of nitrogens with zero attached hydrogens (tertiary/aromatic N) is 4. The third kappa shape index (κ3) is 2.08. The Kier molecular flexibility index (Phi) is 3.12. The molecule has 0 unspecified atom stereocenters. The van der Waals surface area contributed by atoms with Crippen molar-refractivity contribution in [2.24, 2.45) is 0 Å². The van der Waals surface area contributed by atoms with Crippen LogP contribution in [-0.4, -0.2) is 45.7 Å². The second-order valence-corrected chi connectivity index (χ2v) is 5.34. The van der Waals surface area contributed by atoms with Crippen LogP contribution in [0.2, 0.25) is 5.28 Å². The molecule has 1 saturated heterocycles. The van der Waals surface area contributed by atoms with Crippen molar-refractivity contribution < 1.29 is 4.42 Å². The van der Waals surface area contributed by atoms with Crippen LogP contribution in [0.5, 0.6) is 0 Å². The molecule has 3 aromatic rings. The van der Waals surface area contributed by atoms with E-state index in [0.717, 1.165) is 26.2 Å². The van der Waals surface area contributed by atoms with E-state index in [1.165, 1.54) is 17.1 Å². The van der Waals surface area contributed by atoms with Gasteiger partial charge in [-0.3, -0.25) is 0 Å². The number of hydrogen-bond acceptors (Lipinski definition) is 6. The number of H-pyrrole nitrogens is 1. The van der Waals surface area contributed by atoms with Gasteiger partial charge in [0.25, 0.3) is 0 Å². The number of aromatic amines is 1. The molecule has 0 amide bonds. The molecule has 0 aliphatic carbocycles. The maximum Gasteiger partial charge on any atom is 0.332 e. The number of nitrogens with one attached hydrogen (secondary N) is 2. The second-order valence-electron chi connectivity index (χ2n) is 5.00. The lowest BCUT2D eigenvalue weighted by Crippen LogP contribution is -2.44. The van der Waals surface area contributed by atoms with Crippen molar-refractivity contribution >= 4 is 28.6 Å². The smallest absolute Gasteiger partial charge is 0.332 e. The van der Waals surface area contributed by atoms with Crippen molar-refractivity contribution in [3.8, 4) is 5.69 Å². The van der Waals surface area contributed by atoms with Crippen LogP contribution in [0.3, 0.4) is 0 Å². The summed E-state index contributed by atoms with van der Waals surface area (Å²) in [6, 6.07) is 1.69. The summed E-state index contributed by atoms with van der Waals surface area (Å²) in [6.45, 7) is 3.30. The van der Waals surface area contributed by atoms with Crippen LogP contribution in [0.4, 0.5) is 5.82 Å². The van der Waals surface area contributed by atoms with E-state index in [9.17, 15) is 4.79 Å². The van der Waals surface area contributed by atoms with Gasteiger partial charge < -0.3 is 19.6 Å². The van der Waals surface area contributed by atoms with Crippen LogP contribution in [0.1, 0.15) is 0 Å². The minimum Gasteiger partial charge on any atom is -0.470 e. The predicted octanol–water partition coefficient (Wildman–Crippen LogP) is 0.765. The van der Waals surface area contributed by atoms with Gasteiger partial charge in [-0.05, 0) is 11.6 Å². The minimum absolute atomic E-state index is 0.109. The first-order valence-corrected chi connectivity index (χ1v) is 7.28. The molecule has 0 bridgehead atoms. The van der Waals surface area contributed by atoms with Gasteiger partial charge in [-0.25, -0.2) is 9.36 Å². The standard InChI is InChI=1S/C13H13ClN6O2/c14-12-17-10(19-4-2-15-3-5-19)9-11(18-12)20(13(21)16-9)8-1-6-22-7-8/h1,6-7,15H,2-5H2,(H,16,21). The van der Waals surface area contributed by atoms with Gasteiger partial charge in [-0.15, -0.1) is 0 Å². The number of rotatable bonds is 2. The summed E-state index contributed by atoms with van der Waals surface area (Å²) in [5, 5.41) is 3.39. The number of halogens is 1. The average Bonchev–Trinajstić information content (AvgIpc) is 3.14. The van der Waals surface area contributed by atoms with Gasteiger partial charge in [0.15, 0.2) is 11.5 Å². The number of furan rings is 1. The Morgan fingerprint density at radius 3 is 2.82 bits per heavy atom. The summed E-state index contributed by atoms with van der Waals surface area (Å²) in [4.78, 5) is 25.7. The van der Waals surface area contributed by atoms with E-state index in [1.54, 1.807) is 6.07 Å². The van der Waals surface area contributed by atoms with Crippen molar-refractivity contribution in [2.45, 2.75) is 0 Å². The van der Waals surface area contributed by atoms with Crippen LogP contribution in [0.25, 0.3) is 16.9 Å². The number of fused-ring (bicyclic) bond motifs is 1. The largest absolute Gasteiger partial charge is 0.470 e. The molecule has 0 saturated carbocycles. The van der Waals surface area contributed by atoms with E-state index in [1.807, 2.05) is 0 Å². The number of hydrogen-bond donors (Lipinski definition) is 2. The number of anilines is 1. The fraction of sp³-hybridized carbons (Fsp3) is 0.308. The summed E-state index contributed by atoms with van der Waals surface area (Å²) in [7, 11) is 0. The van der Waals surface area contributed by atoms with Crippen LogP contribution < -0.4 is 15.9 Å². The third-order valence-electron chi connectivity index (χ3n) is 3.67. The number of piperazine rings is 1. The Balaban J connectivity index is 1.96. The highest BCUT2D eigenvalue weighted by atomic mass is 35.5. The molecule has 9 heteroatoms. The molecule has 0 radical (unpaired) electrons. The van der Waals surface area contributed by atoms with Gasteiger partial charge in [0, 0.05) is 32.2 Å². The Hall–Kier alpha value is -2.32. The zero-order valence-electron chi connectivity index (χ0n) is 11.5. The Morgan fingerprint density at radius 2 is 2.09 bits per heavy atom. The van der Waals surface area contributed by atoms with Crippen molar-refractivity contribution in [2.75, 3.05) is 31.1 Å². The van der Waals surface area contributed by atoms with Gasteiger partial charge >= 0.3 is 5.69 Å². The van der Waals surface area contributed by atoms with Gasteiger partial charge in [0.2, 0.25) is 5.28 Å². The van der Waals surface area contributed by atoms with Crippen molar-refractivity contribution in [1.29, 1.82) is 0 Å². The number of imidazole rings is 1. The minimum atomic E-state index is -0.302. The topological polar surface area (TPSA) is 92.0 Å². The van der Waals surface area contributed by atoms with Crippen LogP contribution in [-0.2, 0) is 0 Å². The van der Waals surface area contributed by atoms with E-state index < -0.39 is 0 Å². The molecular formula is C13H13ClN6O2. The fourth-order valence-corrected chi connectivity index (χ4v) is 2.83. The molecule has 0 spiro atoms. The summed E-state index contributed by atoms with van der Waals surface area (Å²) in [5.41, 5.74) is 1.32. The molecule has 4 heterocycles. The zero-order chi connectivity index (χ0) is 15.1. The fourth-order valence-electron chi connectivity index (χ4n) is 2.67. The molecule has 8 nitrogen and oxygen atoms in total. The molecule has 3 aromatic heterocycles. The molecule has 0 atom stereocenters. The Labute approximate surface area is 129 Å². The van der Waals surface area contributed by atoms with E-state index in [0.29, 0.717) is 22.7 Å². The highest BCUT2D eigenvalue weighted by Gasteiger charge is 2.21. The number of aromatic nitrogens is 4. The van der Waals surface area contributed by atoms with Crippen molar-refractivity contribution in [1.82, 2.24) is 24.8 Å². The van der Waals surface area contributed by atoms with Crippen LogP contribution in [0.15, 0.2) is 27.8 Å². The Morgan fingerprint density at radius 1 is 1.27 bits per heavy atom. The van der Waals surface area contributed by atoms with Gasteiger partial charge in [0.05, 0.1) is 12.0 Å². The van der Waals surface area contributed by atoms with Gasteiger partial charge in [0.1, 0.15) is 11.8 Å². The second kappa shape index (κ2) is 5.15. The lowest BCUT2D eigenvalue weighted by molar-refractivity contribution is 0.565. The summed E-state index contributed by atoms with van der Waals surface area (Å²) in [6.07, 6.45) is 2.98. The van der Waals surface area contributed by atoms with Crippen LogP contribution >= 0.6 is 11.6 Å². The molecule has 22 heavy (non-hydrogen) atoms. The van der Waals surface area contributed by atoms with Gasteiger partial charge in [-0.2, -0.15) is 9.97 Å². The molecule has 114 valence electrons. The van der Waals surface area contributed by atoms with Gasteiger partial charge in [-0.1, -0.05) is 0 Å². The lowest BCUT2D eigenvalue weighted by Gasteiger charge is -2.28. The molecule has 2 N–H and O–H groups in total. The van der Waals surface area contributed by atoms with E-state index in [-0.39, 0.29) is 11.0 Å². The lowest BCUT2D eigenvalue weighted by atomic mass is 10.3. The Bertz CT molecular complexity index is 863.